The number of carbonyl (C=O) groups excluding carboxylic acids is 3. The van der Waals surface area contributed by atoms with Crippen molar-refractivity contribution in [2.24, 2.45) is 5.73 Å². The van der Waals surface area contributed by atoms with E-state index in [2.05, 4.69) is 25.5 Å². The van der Waals surface area contributed by atoms with Gasteiger partial charge in [-0.1, -0.05) is 19.3 Å². The molecule has 232 valence electrons. The molecule has 2 aliphatic rings. The van der Waals surface area contributed by atoms with Crippen molar-refractivity contribution in [3.63, 3.8) is 0 Å². The summed E-state index contributed by atoms with van der Waals surface area (Å²) in [5, 5.41) is 13.8. The molecule has 5 rings (SSSR count). The Morgan fingerprint density at radius 2 is 1.74 bits per heavy atom. The molecule has 2 fully saturated rings. The number of fused-ring (bicyclic) bond motifs is 1. The van der Waals surface area contributed by atoms with Gasteiger partial charge in [-0.3, -0.25) is 20.0 Å². The molecule has 0 radical (unpaired) electrons. The van der Waals surface area contributed by atoms with Crippen LogP contribution >= 0.6 is 24.8 Å². The number of imidazole rings is 1. The Morgan fingerprint density at radius 3 is 2.37 bits per heavy atom. The molecule has 1 aliphatic carbocycles. The van der Waals surface area contributed by atoms with Crippen LogP contribution in [-0.4, -0.2) is 69.9 Å². The van der Waals surface area contributed by atoms with Crippen molar-refractivity contribution in [3.8, 4) is 0 Å². The van der Waals surface area contributed by atoms with Crippen LogP contribution in [0.15, 0.2) is 42.7 Å². The zero-order chi connectivity index (χ0) is 29.0. The Balaban J connectivity index is 0.00000253. The normalized spacial score (nSPS) is 16.3. The van der Waals surface area contributed by atoms with Crippen molar-refractivity contribution in [2.75, 3.05) is 25.1 Å². The van der Waals surface area contributed by atoms with E-state index in [0.29, 0.717) is 42.5 Å². The SMILES string of the molecule is COC(=O)C1(NC(=O)c2nc3cc(C(=N)N)ccc3n2CC(=O)NC2CCCCC2)CCN(c2ccncc2)CC1.Cl.Cl. The van der Waals surface area contributed by atoms with Gasteiger partial charge in [0, 0.05) is 42.8 Å². The first-order valence-corrected chi connectivity index (χ1v) is 14.0. The van der Waals surface area contributed by atoms with Crippen molar-refractivity contribution in [1.29, 1.82) is 5.41 Å². The number of nitrogens with zero attached hydrogens (tertiary/aromatic N) is 4. The number of rotatable bonds is 8. The van der Waals surface area contributed by atoms with Gasteiger partial charge in [-0.15, -0.1) is 24.8 Å². The van der Waals surface area contributed by atoms with Crippen LogP contribution in [0.2, 0.25) is 0 Å². The first-order chi connectivity index (χ1) is 19.8. The first kappa shape index (κ1) is 33.6. The van der Waals surface area contributed by atoms with Gasteiger partial charge in [0.1, 0.15) is 17.9 Å². The molecule has 12 nitrogen and oxygen atoms in total. The van der Waals surface area contributed by atoms with Crippen molar-refractivity contribution in [3.05, 3.63) is 54.1 Å². The minimum absolute atomic E-state index is 0. The molecule has 1 saturated heterocycles. The third kappa shape index (κ3) is 7.37. The van der Waals surface area contributed by atoms with Crippen LogP contribution in [0.4, 0.5) is 5.69 Å². The Kier molecular flexibility index (Phi) is 11.3. The van der Waals surface area contributed by atoms with Gasteiger partial charge in [-0.2, -0.15) is 0 Å². The molecule has 0 spiro atoms. The number of ether oxygens (including phenoxy) is 1. The number of amides is 2. The van der Waals surface area contributed by atoms with E-state index in [1.54, 1.807) is 35.2 Å². The lowest BCUT2D eigenvalue weighted by Gasteiger charge is -2.40. The third-order valence-electron chi connectivity index (χ3n) is 8.11. The van der Waals surface area contributed by atoms with Crippen LogP contribution in [-0.2, 0) is 20.9 Å². The molecular formula is C29H38Cl2N8O4. The Hall–Kier alpha value is -3.90. The van der Waals surface area contributed by atoms with Gasteiger partial charge in [0.25, 0.3) is 5.91 Å². The predicted octanol–water partition coefficient (Wildman–Crippen LogP) is 2.95. The van der Waals surface area contributed by atoms with Crippen LogP contribution in [0, 0.1) is 5.41 Å². The summed E-state index contributed by atoms with van der Waals surface area (Å²) in [6.07, 6.45) is 9.27. The van der Waals surface area contributed by atoms with Crippen molar-refractivity contribution >= 4 is 65.2 Å². The zero-order valence-corrected chi connectivity index (χ0v) is 25.6. The lowest BCUT2D eigenvalue weighted by atomic mass is 9.87. The average Bonchev–Trinajstić information content (AvgIpc) is 3.35. The first-order valence-electron chi connectivity index (χ1n) is 14.0. The van der Waals surface area contributed by atoms with Crippen LogP contribution in [0.5, 0.6) is 0 Å². The molecule has 1 aromatic carbocycles. The summed E-state index contributed by atoms with van der Waals surface area (Å²) in [6, 6.07) is 8.90. The number of anilines is 1. The number of esters is 1. The molecule has 3 heterocycles. The number of halogens is 2. The van der Waals surface area contributed by atoms with E-state index in [1.807, 2.05) is 12.1 Å². The van der Waals surface area contributed by atoms with Crippen LogP contribution in [0.25, 0.3) is 11.0 Å². The van der Waals surface area contributed by atoms with E-state index in [0.717, 1.165) is 31.4 Å². The molecule has 2 amide bonds. The van der Waals surface area contributed by atoms with E-state index >= 15 is 0 Å². The molecule has 43 heavy (non-hydrogen) atoms. The Morgan fingerprint density at radius 1 is 1.07 bits per heavy atom. The molecule has 0 bridgehead atoms. The quantitative estimate of drug-likeness (QED) is 0.167. The summed E-state index contributed by atoms with van der Waals surface area (Å²) in [5.41, 5.74) is 6.84. The van der Waals surface area contributed by atoms with Crippen LogP contribution in [0.1, 0.15) is 61.1 Å². The second-order valence-corrected chi connectivity index (χ2v) is 10.8. The molecule has 3 aromatic rings. The third-order valence-corrected chi connectivity index (χ3v) is 8.11. The number of piperidine rings is 1. The lowest BCUT2D eigenvalue weighted by molar-refractivity contribution is -0.149. The number of nitrogens with two attached hydrogens (primary N) is 1. The largest absolute Gasteiger partial charge is 0.467 e. The van der Waals surface area contributed by atoms with Gasteiger partial charge in [0.15, 0.2) is 0 Å². The number of nitrogens with one attached hydrogen (secondary N) is 3. The standard InChI is InChI=1S/C29H36N8O4.2ClH/c1-41-28(40)29(11-15-36(16-12-29)21-9-13-32-14-10-21)35-27(39)26-34-22-17-19(25(30)31)7-8-23(22)37(26)18-24(38)33-20-5-3-2-4-6-20;;/h7-10,13-14,17,20H,2-6,11-12,15-16,18H2,1H3,(H3,30,31)(H,33,38)(H,35,39);2*1H. The second-order valence-electron chi connectivity index (χ2n) is 10.8. The van der Waals surface area contributed by atoms with E-state index in [4.69, 9.17) is 15.9 Å². The second kappa shape index (κ2) is 14.5. The topological polar surface area (TPSA) is 168 Å². The lowest BCUT2D eigenvalue weighted by Crippen LogP contribution is -2.60. The number of pyridine rings is 1. The number of hydrogen-bond donors (Lipinski definition) is 4. The number of methoxy groups -OCH3 is 1. The molecule has 5 N–H and O–H groups in total. The average molecular weight is 634 g/mol. The molecular weight excluding hydrogens is 595 g/mol. The van der Waals surface area contributed by atoms with Crippen molar-refractivity contribution < 1.29 is 19.1 Å². The van der Waals surface area contributed by atoms with Gasteiger partial charge in [0.05, 0.1) is 18.1 Å². The molecule has 1 aliphatic heterocycles. The van der Waals surface area contributed by atoms with Crippen molar-refractivity contribution in [2.45, 2.75) is 63.1 Å². The van der Waals surface area contributed by atoms with Crippen LogP contribution < -0.4 is 21.3 Å². The minimum atomic E-state index is -1.26. The number of nitrogen functional groups attached to an aromatic ring is 1. The van der Waals surface area contributed by atoms with Gasteiger partial charge in [-0.25, -0.2) is 9.78 Å². The molecule has 2 aromatic heterocycles. The Bertz CT molecular complexity index is 1450. The number of hydrogen-bond acceptors (Lipinski definition) is 8. The summed E-state index contributed by atoms with van der Waals surface area (Å²) in [6.45, 7) is 0.916. The van der Waals surface area contributed by atoms with Crippen LogP contribution in [0.3, 0.4) is 0 Å². The van der Waals surface area contributed by atoms with Gasteiger partial charge < -0.3 is 30.6 Å². The number of aromatic nitrogens is 3. The smallest absolute Gasteiger partial charge is 0.331 e. The maximum atomic E-state index is 13.8. The predicted molar refractivity (Wildman–Crippen MR) is 168 cm³/mol. The van der Waals surface area contributed by atoms with Gasteiger partial charge in [0.2, 0.25) is 11.7 Å². The van der Waals surface area contributed by atoms with E-state index in [-0.39, 0.29) is 55.0 Å². The summed E-state index contributed by atoms with van der Waals surface area (Å²) < 4.78 is 6.70. The van der Waals surface area contributed by atoms with E-state index < -0.39 is 17.4 Å². The highest BCUT2D eigenvalue weighted by Crippen LogP contribution is 2.28. The molecule has 0 atom stereocenters. The molecule has 14 heteroatoms. The summed E-state index contributed by atoms with van der Waals surface area (Å²) >= 11 is 0. The highest BCUT2D eigenvalue weighted by atomic mass is 35.5. The fourth-order valence-corrected chi connectivity index (χ4v) is 5.84. The van der Waals surface area contributed by atoms with E-state index in [9.17, 15) is 14.4 Å². The fourth-order valence-electron chi connectivity index (χ4n) is 5.84. The highest BCUT2D eigenvalue weighted by molar-refractivity contribution is 6.01. The number of amidine groups is 1. The summed E-state index contributed by atoms with van der Waals surface area (Å²) in [4.78, 5) is 50.8. The van der Waals surface area contributed by atoms with Gasteiger partial charge >= 0.3 is 5.97 Å². The van der Waals surface area contributed by atoms with Gasteiger partial charge in [-0.05, 0) is 56.0 Å². The number of carbonyl (C=O) groups is 3. The summed E-state index contributed by atoms with van der Waals surface area (Å²) in [7, 11) is 1.31. The molecule has 0 unspecified atom stereocenters. The Labute approximate surface area is 262 Å². The summed E-state index contributed by atoms with van der Waals surface area (Å²) in [5.74, 6) is -1.46. The minimum Gasteiger partial charge on any atom is -0.467 e. The molecule has 1 saturated carbocycles. The maximum absolute atomic E-state index is 13.8. The van der Waals surface area contributed by atoms with E-state index in [1.165, 1.54) is 13.5 Å². The highest BCUT2D eigenvalue weighted by Gasteiger charge is 2.44. The number of benzene rings is 1. The fraction of sp³-hybridized carbons (Fsp3) is 0.448. The zero-order valence-electron chi connectivity index (χ0n) is 24.0. The maximum Gasteiger partial charge on any atom is 0.331 e. The van der Waals surface area contributed by atoms with Crippen molar-refractivity contribution in [1.82, 2.24) is 25.2 Å². The monoisotopic (exact) mass is 632 g/mol.